The maximum atomic E-state index is 12.2. The van der Waals surface area contributed by atoms with Crippen LogP contribution in [0.2, 0.25) is 0 Å². The van der Waals surface area contributed by atoms with Crippen molar-refractivity contribution < 1.29 is 14.6 Å². The number of aromatic hydroxyl groups is 1. The lowest BCUT2D eigenvalue weighted by atomic mass is 10.0. The number of carbonyl (C=O) groups excluding carboxylic acids is 1. The van der Waals surface area contributed by atoms with E-state index in [1.807, 2.05) is 0 Å². The third kappa shape index (κ3) is 2.27. The molecule has 4 heteroatoms. The second-order valence-corrected chi connectivity index (χ2v) is 3.83. The van der Waals surface area contributed by atoms with Crippen molar-refractivity contribution in [2.45, 2.75) is 0 Å². The summed E-state index contributed by atoms with van der Waals surface area (Å²) in [6.45, 7) is 0. The van der Waals surface area contributed by atoms with E-state index in [1.54, 1.807) is 24.3 Å². The highest BCUT2D eigenvalue weighted by atomic mass is 16.5. The first-order valence-corrected chi connectivity index (χ1v) is 5.39. The van der Waals surface area contributed by atoms with Crippen molar-refractivity contribution in [2.75, 3.05) is 12.8 Å². The molecule has 2 aromatic carbocycles. The van der Waals surface area contributed by atoms with Gasteiger partial charge in [-0.15, -0.1) is 0 Å². The second-order valence-electron chi connectivity index (χ2n) is 3.83. The normalized spacial score (nSPS) is 10.1. The first kappa shape index (κ1) is 12.0. The zero-order chi connectivity index (χ0) is 13.1. The van der Waals surface area contributed by atoms with E-state index < -0.39 is 0 Å². The average molecular weight is 243 g/mol. The van der Waals surface area contributed by atoms with Gasteiger partial charge < -0.3 is 15.6 Å². The van der Waals surface area contributed by atoms with E-state index >= 15 is 0 Å². The molecule has 0 aromatic heterocycles. The monoisotopic (exact) mass is 243 g/mol. The van der Waals surface area contributed by atoms with Gasteiger partial charge in [-0.3, -0.25) is 4.79 Å². The van der Waals surface area contributed by atoms with Gasteiger partial charge in [-0.25, -0.2) is 0 Å². The summed E-state index contributed by atoms with van der Waals surface area (Å²) >= 11 is 0. The summed E-state index contributed by atoms with van der Waals surface area (Å²) in [5, 5.41) is 9.40. The number of nitrogens with two attached hydrogens (primary N) is 1. The molecule has 0 bridgehead atoms. The van der Waals surface area contributed by atoms with Crippen LogP contribution in [-0.4, -0.2) is 18.0 Å². The molecule has 2 rings (SSSR count). The molecule has 0 heterocycles. The molecule has 0 amide bonds. The number of ether oxygens (including phenoxy) is 1. The summed E-state index contributed by atoms with van der Waals surface area (Å²) < 4.78 is 5.06. The Morgan fingerprint density at radius 1 is 1.22 bits per heavy atom. The molecule has 18 heavy (non-hydrogen) atoms. The van der Waals surface area contributed by atoms with Crippen LogP contribution < -0.4 is 10.5 Å². The molecular formula is C14H13NO3. The Morgan fingerprint density at radius 2 is 2.00 bits per heavy atom. The largest absolute Gasteiger partial charge is 0.508 e. The molecule has 0 fully saturated rings. The maximum Gasteiger partial charge on any atom is 0.195 e. The Morgan fingerprint density at radius 3 is 2.72 bits per heavy atom. The molecule has 0 saturated heterocycles. The Hall–Kier alpha value is -2.49. The molecule has 0 saturated carbocycles. The maximum absolute atomic E-state index is 12.2. The van der Waals surface area contributed by atoms with Crippen molar-refractivity contribution in [1.82, 2.24) is 0 Å². The van der Waals surface area contributed by atoms with Crippen LogP contribution in [0.4, 0.5) is 5.69 Å². The number of phenolic OH excluding ortho intramolecular Hbond substituents is 1. The predicted octanol–water partition coefficient (Wildman–Crippen LogP) is 2.21. The van der Waals surface area contributed by atoms with Crippen LogP contribution >= 0.6 is 0 Å². The summed E-state index contributed by atoms with van der Waals surface area (Å²) in [5.41, 5.74) is 6.81. The van der Waals surface area contributed by atoms with Gasteiger partial charge in [0, 0.05) is 16.8 Å². The van der Waals surface area contributed by atoms with E-state index in [-0.39, 0.29) is 17.1 Å². The molecule has 0 aliphatic carbocycles. The lowest BCUT2D eigenvalue weighted by Gasteiger charge is -2.07. The van der Waals surface area contributed by atoms with Gasteiger partial charge in [-0.1, -0.05) is 12.1 Å². The minimum atomic E-state index is -0.248. The van der Waals surface area contributed by atoms with Gasteiger partial charge in [0.05, 0.1) is 7.11 Å². The smallest absolute Gasteiger partial charge is 0.195 e. The molecule has 92 valence electrons. The van der Waals surface area contributed by atoms with E-state index in [0.29, 0.717) is 17.0 Å². The number of rotatable bonds is 3. The Balaban J connectivity index is 2.44. The fourth-order valence-corrected chi connectivity index (χ4v) is 1.66. The number of nitrogen functional groups attached to an aromatic ring is 1. The number of phenols is 1. The summed E-state index contributed by atoms with van der Waals surface area (Å²) in [5.74, 6) is 0.359. The Kier molecular flexibility index (Phi) is 3.19. The zero-order valence-corrected chi connectivity index (χ0v) is 9.88. The van der Waals surface area contributed by atoms with Crippen molar-refractivity contribution in [3.05, 3.63) is 53.6 Å². The van der Waals surface area contributed by atoms with Crippen molar-refractivity contribution >= 4 is 11.5 Å². The lowest BCUT2D eigenvalue weighted by Crippen LogP contribution is -2.05. The predicted molar refractivity (Wildman–Crippen MR) is 68.9 cm³/mol. The van der Waals surface area contributed by atoms with Crippen molar-refractivity contribution in [3.63, 3.8) is 0 Å². The van der Waals surface area contributed by atoms with Crippen LogP contribution in [0.15, 0.2) is 42.5 Å². The fourth-order valence-electron chi connectivity index (χ4n) is 1.66. The summed E-state index contributed by atoms with van der Waals surface area (Å²) in [7, 11) is 1.53. The Labute approximate surface area is 105 Å². The summed E-state index contributed by atoms with van der Waals surface area (Å²) in [4.78, 5) is 12.2. The van der Waals surface area contributed by atoms with E-state index in [9.17, 15) is 9.90 Å². The van der Waals surface area contributed by atoms with E-state index in [2.05, 4.69) is 0 Å². The molecule has 4 nitrogen and oxygen atoms in total. The number of hydrogen-bond donors (Lipinski definition) is 2. The van der Waals surface area contributed by atoms with Crippen LogP contribution in [0.1, 0.15) is 15.9 Å². The summed E-state index contributed by atoms with van der Waals surface area (Å²) in [6, 6.07) is 11.1. The quantitative estimate of drug-likeness (QED) is 0.492. The van der Waals surface area contributed by atoms with Crippen LogP contribution in [0.5, 0.6) is 11.5 Å². The van der Waals surface area contributed by atoms with Crippen molar-refractivity contribution in [3.8, 4) is 11.5 Å². The highest BCUT2D eigenvalue weighted by Crippen LogP contribution is 2.23. The highest BCUT2D eigenvalue weighted by Gasteiger charge is 2.13. The average Bonchev–Trinajstić information content (AvgIpc) is 2.41. The first-order valence-electron chi connectivity index (χ1n) is 5.39. The molecule has 3 N–H and O–H groups in total. The summed E-state index contributed by atoms with van der Waals surface area (Å²) in [6.07, 6.45) is 0. The number of benzene rings is 2. The van der Waals surface area contributed by atoms with Gasteiger partial charge in [-0.05, 0) is 30.3 Å². The van der Waals surface area contributed by atoms with Gasteiger partial charge in [0.2, 0.25) is 0 Å². The molecule has 0 atom stereocenters. The van der Waals surface area contributed by atoms with E-state index in [0.717, 1.165) is 0 Å². The molecule has 0 spiro atoms. The number of carbonyl (C=O) groups is 1. The molecule has 0 unspecified atom stereocenters. The lowest BCUT2D eigenvalue weighted by molar-refractivity contribution is 0.103. The highest BCUT2D eigenvalue weighted by molar-refractivity contribution is 6.12. The van der Waals surface area contributed by atoms with E-state index in [1.165, 1.54) is 25.3 Å². The Bertz CT molecular complexity index is 593. The van der Waals surface area contributed by atoms with E-state index in [4.69, 9.17) is 10.5 Å². The standard InChI is InChI=1S/C14H13NO3/c1-18-11-4-2-3-9(7-11)14(17)12-8-10(16)5-6-13(12)15/h2-8,16H,15H2,1H3. The number of ketones is 1. The fraction of sp³-hybridized carbons (Fsp3) is 0.0714. The third-order valence-electron chi connectivity index (χ3n) is 2.61. The van der Waals surface area contributed by atoms with Gasteiger partial charge in [-0.2, -0.15) is 0 Å². The van der Waals surface area contributed by atoms with Crippen molar-refractivity contribution in [2.24, 2.45) is 0 Å². The van der Waals surface area contributed by atoms with Gasteiger partial charge >= 0.3 is 0 Å². The number of methoxy groups -OCH3 is 1. The number of anilines is 1. The zero-order valence-electron chi connectivity index (χ0n) is 9.88. The van der Waals surface area contributed by atoms with Crippen LogP contribution in [0, 0.1) is 0 Å². The van der Waals surface area contributed by atoms with Crippen LogP contribution in [0.25, 0.3) is 0 Å². The molecule has 0 aliphatic heterocycles. The van der Waals surface area contributed by atoms with Crippen molar-refractivity contribution in [1.29, 1.82) is 0 Å². The van der Waals surface area contributed by atoms with Crippen LogP contribution in [-0.2, 0) is 0 Å². The molecule has 0 radical (unpaired) electrons. The van der Waals surface area contributed by atoms with Gasteiger partial charge in [0.15, 0.2) is 5.78 Å². The number of hydrogen-bond acceptors (Lipinski definition) is 4. The second kappa shape index (κ2) is 4.79. The first-order chi connectivity index (χ1) is 8.61. The third-order valence-corrected chi connectivity index (χ3v) is 2.61. The SMILES string of the molecule is COc1cccc(C(=O)c2cc(O)ccc2N)c1. The van der Waals surface area contributed by atoms with Gasteiger partial charge in [0.1, 0.15) is 11.5 Å². The molecule has 2 aromatic rings. The minimum Gasteiger partial charge on any atom is -0.508 e. The molecular weight excluding hydrogens is 230 g/mol. The topological polar surface area (TPSA) is 72.5 Å². The van der Waals surface area contributed by atoms with Crippen LogP contribution in [0.3, 0.4) is 0 Å². The minimum absolute atomic E-state index is 0.00967. The van der Waals surface area contributed by atoms with Gasteiger partial charge in [0.25, 0.3) is 0 Å². The molecule has 0 aliphatic rings.